The van der Waals surface area contributed by atoms with E-state index in [-0.39, 0.29) is 12.8 Å². The second-order valence-corrected chi connectivity index (χ2v) is 17.9. The van der Waals surface area contributed by atoms with E-state index in [9.17, 15) is 49.7 Å². The molecule has 0 aromatic rings. The van der Waals surface area contributed by atoms with Crippen molar-refractivity contribution in [2.45, 2.75) is 210 Å². The number of hydrogen-bond donors (Lipinski definition) is 7. The molecule has 1 fully saturated rings. The van der Waals surface area contributed by atoms with Crippen LogP contribution in [0.25, 0.3) is 0 Å². The van der Waals surface area contributed by atoms with E-state index >= 15 is 0 Å². The van der Waals surface area contributed by atoms with Gasteiger partial charge in [-0.15, -0.1) is 0 Å². The average Bonchev–Trinajstić information content (AvgIpc) is 3.27. The number of unbranched alkanes of at least 4 members (excludes halogenated alkanes) is 14. The van der Waals surface area contributed by atoms with Crippen molar-refractivity contribution in [1.82, 2.24) is 0 Å². The van der Waals surface area contributed by atoms with Gasteiger partial charge in [-0.3, -0.25) is 18.6 Å². The number of allylic oxidation sites excluding steroid dienone is 10. The molecular formula is C49H83O14P. The minimum absolute atomic E-state index is 0.0520. The minimum atomic E-state index is -5.15. The fraction of sp³-hybridized carbons (Fsp3) is 0.714. The fourth-order valence-electron chi connectivity index (χ4n) is 6.68. The van der Waals surface area contributed by atoms with Crippen LogP contribution >= 0.6 is 7.82 Å². The van der Waals surface area contributed by atoms with Crippen molar-refractivity contribution in [3.8, 4) is 0 Å². The molecule has 0 aliphatic heterocycles. The maximum Gasteiger partial charge on any atom is 0.472 e. The molecule has 0 spiro atoms. The van der Waals surface area contributed by atoms with Crippen molar-refractivity contribution in [3.05, 3.63) is 72.9 Å². The lowest BCUT2D eigenvalue weighted by atomic mass is 9.85. The van der Waals surface area contributed by atoms with E-state index in [1.54, 1.807) is 6.08 Å². The molecule has 7 N–H and O–H groups in total. The molecule has 0 heterocycles. The Morgan fingerprint density at radius 1 is 0.562 bits per heavy atom. The molecule has 0 amide bonds. The van der Waals surface area contributed by atoms with Crippen LogP contribution in [-0.2, 0) is 32.7 Å². The number of aliphatic hydroxyl groups is 6. The summed E-state index contributed by atoms with van der Waals surface area (Å²) in [4.78, 5) is 35.7. The summed E-state index contributed by atoms with van der Waals surface area (Å²) < 4.78 is 33.5. The van der Waals surface area contributed by atoms with Gasteiger partial charge < -0.3 is 45.0 Å². The van der Waals surface area contributed by atoms with Crippen LogP contribution in [0.3, 0.4) is 0 Å². The largest absolute Gasteiger partial charge is 0.472 e. The third-order valence-corrected chi connectivity index (χ3v) is 11.6. The Morgan fingerprint density at radius 3 is 1.64 bits per heavy atom. The maximum absolute atomic E-state index is 12.8. The molecule has 0 bridgehead atoms. The van der Waals surface area contributed by atoms with Crippen LogP contribution in [0.1, 0.15) is 162 Å². The maximum atomic E-state index is 12.8. The van der Waals surface area contributed by atoms with Crippen molar-refractivity contribution in [2.75, 3.05) is 13.2 Å². The van der Waals surface area contributed by atoms with Gasteiger partial charge in [0.2, 0.25) is 0 Å². The number of carbonyl (C=O) groups excluding carboxylic acids is 2. The smallest absolute Gasteiger partial charge is 0.462 e. The van der Waals surface area contributed by atoms with Crippen LogP contribution in [0.4, 0.5) is 0 Å². The van der Waals surface area contributed by atoms with Gasteiger partial charge in [0.05, 0.1) is 12.7 Å². The third kappa shape index (κ3) is 30.5. The average molecular weight is 927 g/mol. The SMILES string of the molecule is CCCCC/C=C\C=C/[C@@H](O)C/C=C\C/C=C/CCCC(=O)OC[C@H](COP(=O)(O)OC1[C@H](O)[C@H](O)C(O)[C@H](O)[C@H]1O)OC(=O)CCCCCCCCC/C=C\C/C=C\CCCCC. The summed E-state index contributed by atoms with van der Waals surface area (Å²) in [5, 5.41) is 60.3. The first-order valence-electron chi connectivity index (χ1n) is 23.8. The molecule has 0 radical (unpaired) electrons. The normalized spacial score (nSPS) is 22.7. The van der Waals surface area contributed by atoms with Gasteiger partial charge in [0, 0.05) is 12.8 Å². The van der Waals surface area contributed by atoms with Crippen LogP contribution in [0.5, 0.6) is 0 Å². The van der Waals surface area contributed by atoms with Gasteiger partial charge in [-0.05, 0) is 77.0 Å². The number of ether oxygens (including phenoxy) is 2. The Morgan fingerprint density at radius 2 is 1.05 bits per heavy atom. The molecule has 0 saturated heterocycles. The summed E-state index contributed by atoms with van der Waals surface area (Å²) >= 11 is 0. The zero-order valence-corrected chi connectivity index (χ0v) is 39.6. The fourth-order valence-corrected chi connectivity index (χ4v) is 7.66. The molecule has 15 heteroatoms. The van der Waals surface area contributed by atoms with E-state index in [2.05, 4.69) is 44.2 Å². The number of phosphoric acid groups is 1. The van der Waals surface area contributed by atoms with Crippen LogP contribution in [0.2, 0.25) is 0 Å². The highest BCUT2D eigenvalue weighted by Gasteiger charge is 2.51. The standard InChI is InChI=1S/C49H83O14P/c1-3-5-7-9-11-12-13-14-15-16-17-18-19-20-24-29-33-37-43(52)62-41(39-61-64(58,59)63-49-47(56)45(54)44(53)46(55)48(49)57)38-60-42(51)36-32-28-25-21-23-27-31-35-40(50)34-30-26-22-10-8-6-4-2/h11-12,14-15,21-22,25-27,30-31,34,40-41,44-50,53-57H,3-10,13,16-20,23-24,28-29,32-33,35-39H2,1-2H3,(H,58,59)/b12-11-,15-14-,25-21+,26-22-,31-27-,34-30-/t40-,41-,44?,45-,46+,47-,48-,49?/m1/s1. The molecule has 64 heavy (non-hydrogen) atoms. The van der Waals surface area contributed by atoms with E-state index in [0.29, 0.717) is 32.1 Å². The zero-order valence-electron chi connectivity index (χ0n) is 38.7. The van der Waals surface area contributed by atoms with E-state index in [4.69, 9.17) is 18.5 Å². The van der Waals surface area contributed by atoms with E-state index < -0.39 is 81.8 Å². The Hall–Kier alpha value is -2.75. The van der Waals surface area contributed by atoms with Crippen LogP contribution in [0.15, 0.2) is 72.9 Å². The second-order valence-electron chi connectivity index (χ2n) is 16.5. The summed E-state index contributed by atoms with van der Waals surface area (Å²) in [5.74, 6) is -1.22. The molecule has 1 aliphatic carbocycles. The van der Waals surface area contributed by atoms with Gasteiger partial charge in [0.25, 0.3) is 0 Å². The molecule has 1 saturated carbocycles. The highest BCUT2D eigenvalue weighted by atomic mass is 31.2. The highest BCUT2D eigenvalue weighted by Crippen LogP contribution is 2.47. The first kappa shape index (κ1) is 59.3. The van der Waals surface area contributed by atoms with Crippen LogP contribution in [-0.4, -0.2) is 110 Å². The Kier molecular flexibility index (Phi) is 35.5. The summed E-state index contributed by atoms with van der Waals surface area (Å²) in [5.41, 5.74) is 0. The topological polar surface area (TPSA) is 230 Å². The molecule has 1 aliphatic rings. The second kappa shape index (κ2) is 38.4. The number of esters is 2. The number of hydrogen-bond acceptors (Lipinski definition) is 13. The zero-order chi connectivity index (χ0) is 47.3. The summed E-state index contributed by atoms with van der Waals surface area (Å²) in [6, 6.07) is 0. The Labute approximate surface area is 383 Å². The summed E-state index contributed by atoms with van der Waals surface area (Å²) in [6.07, 6.45) is 31.1. The minimum Gasteiger partial charge on any atom is -0.462 e. The van der Waals surface area contributed by atoms with Crippen LogP contribution in [0, 0.1) is 0 Å². The van der Waals surface area contributed by atoms with E-state index in [1.807, 2.05) is 36.5 Å². The van der Waals surface area contributed by atoms with Crippen molar-refractivity contribution < 1.29 is 68.2 Å². The molecule has 1 rings (SSSR count). The molecule has 368 valence electrons. The van der Waals surface area contributed by atoms with Crippen molar-refractivity contribution in [2.24, 2.45) is 0 Å². The summed E-state index contributed by atoms with van der Waals surface area (Å²) in [6.45, 7) is 3.11. The Bertz CT molecular complexity index is 1410. The van der Waals surface area contributed by atoms with E-state index in [1.165, 1.54) is 38.5 Å². The third-order valence-electron chi connectivity index (χ3n) is 10.6. The van der Waals surface area contributed by atoms with Gasteiger partial charge in [-0.2, -0.15) is 0 Å². The number of rotatable bonds is 38. The molecule has 9 atom stereocenters. The monoisotopic (exact) mass is 927 g/mol. The predicted molar refractivity (Wildman–Crippen MR) is 250 cm³/mol. The highest BCUT2D eigenvalue weighted by molar-refractivity contribution is 7.47. The first-order valence-corrected chi connectivity index (χ1v) is 25.3. The Balaban J connectivity index is 2.52. The van der Waals surface area contributed by atoms with Crippen LogP contribution < -0.4 is 0 Å². The molecule has 0 aromatic carbocycles. The van der Waals surface area contributed by atoms with Gasteiger partial charge in [0.1, 0.15) is 43.2 Å². The first-order chi connectivity index (χ1) is 30.8. The van der Waals surface area contributed by atoms with E-state index in [0.717, 1.165) is 64.2 Å². The van der Waals surface area contributed by atoms with Gasteiger partial charge in [-0.1, -0.05) is 145 Å². The molecule has 0 aromatic heterocycles. The van der Waals surface area contributed by atoms with Gasteiger partial charge >= 0.3 is 19.8 Å². The predicted octanol–water partition coefficient (Wildman–Crippen LogP) is 8.47. The van der Waals surface area contributed by atoms with Crippen molar-refractivity contribution in [1.29, 1.82) is 0 Å². The van der Waals surface area contributed by atoms with Gasteiger partial charge in [0.15, 0.2) is 6.10 Å². The van der Waals surface area contributed by atoms with Crippen molar-refractivity contribution in [3.63, 3.8) is 0 Å². The molecule has 3 unspecified atom stereocenters. The summed E-state index contributed by atoms with van der Waals surface area (Å²) in [7, 11) is -5.15. The number of carbonyl (C=O) groups is 2. The lowest BCUT2D eigenvalue weighted by molar-refractivity contribution is -0.220. The van der Waals surface area contributed by atoms with Crippen molar-refractivity contribution >= 4 is 19.8 Å². The lowest BCUT2D eigenvalue weighted by Crippen LogP contribution is -2.64. The van der Waals surface area contributed by atoms with Gasteiger partial charge in [-0.25, -0.2) is 4.57 Å². The number of phosphoric ester groups is 1. The molecular weight excluding hydrogens is 843 g/mol. The molecule has 14 nitrogen and oxygen atoms in total. The lowest BCUT2D eigenvalue weighted by Gasteiger charge is -2.41. The number of aliphatic hydroxyl groups excluding tert-OH is 6. The quantitative estimate of drug-likeness (QED) is 0.0101.